The lowest BCUT2D eigenvalue weighted by Gasteiger charge is -2.34. The zero-order valence-corrected chi connectivity index (χ0v) is 18.3. The lowest BCUT2D eigenvalue weighted by molar-refractivity contribution is 0.0515. The van der Waals surface area contributed by atoms with E-state index in [1.54, 1.807) is 21.9 Å². The van der Waals surface area contributed by atoms with E-state index < -0.39 is 0 Å². The molecule has 0 atom stereocenters. The minimum atomic E-state index is -0.130. The Morgan fingerprint density at radius 2 is 1.53 bits per heavy atom. The first kappa shape index (κ1) is 20.8. The Kier molecular flexibility index (Phi) is 5.94. The van der Waals surface area contributed by atoms with Crippen LogP contribution in [-0.2, 0) is 6.54 Å². The van der Waals surface area contributed by atoms with E-state index in [0.29, 0.717) is 37.6 Å². The Bertz CT molecular complexity index is 1080. The first-order valence-electron chi connectivity index (χ1n) is 11.5. The third-order valence-electron chi connectivity index (χ3n) is 6.52. The van der Waals surface area contributed by atoms with Gasteiger partial charge in [-0.2, -0.15) is 5.10 Å². The molecule has 2 saturated heterocycles. The van der Waals surface area contributed by atoms with E-state index in [2.05, 4.69) is 4.90 Å². The first-order valence-corrected chi connectivity index (χ1v) is 11.5. The average molecular weight is 436 g/mol. The molecule has 0 N–H and O–H groups in total. The van der Waals surface area contributed by atoms with Gasteiger partial charge in [-0.1, -0.05) is 24.6 Å². The third-order valence-corrected chi connectivity index (χ3v) is 6.52. The molecule has 2 aliphatic heterocycles. The Morgan fingerprint density at radius 3 is 2.25 bits per heavy atom. The van der Waals surface area contributed by atoms with E-state index in [1.807, 2.05) is 28.9 Å². The van der Waals surface area contributed by atoms with Gasteiger partial charge in [-0.05, 0) is 44.1 Å². The number of piperazine rings is 1. The summed E-state index contributed by atoms with van der Waals surface area (Å²) in [4.78, 5) is 31.9. The van der Waals surface area contributed by atoms with Crippen LogP contribution in [0.1, 0.15) is 40.3 Å². The molecule has 168 valence electrons. The SMILES string of the molecule is O=C(c1ccco1)N1CCN(C(=O)c2nn(CCN3CCCCC3)c3ccccc23)CC1. The lowest BCUT2D eigenvalue weighted by Crippen LogP contribution is -2.50. The molecule has 4 heterocycles. The van der Waals surface area contributed by atoms with Crippen molar-refractivity contribution in [2.75, 3.05) is 45.8 Å². The molecule has 0 saturated carbocycles. The zero-order valence-electron chi connectivity index (χ0n) is 18.3. The van der Waals surface area contributed by atoms with Gasteiger partial charge in [0.05, 0.1) is 18.3 Å². The van der Waals surface area contributed by atoms with Crippen LogP contribution < -0.4 is 0 Å². The maximum absolute atomic E-state index is 13.4. The third kappa shape index (κ3) is 4.14. The minimum Gasteiger partial charge on any atom is -0.459 e. The number of carbonyl (C=O) groups excluding carboxylic acids is 2. The van der Waals surface area contributed by atoms with Gasteiger partial charge >= 0.3 is 0 Å². The number of piperidine rings is 1. The molecule has 2 aliphatic rings. The highest BCUT2D eigenvalue weighted by Gasteiger charge is 2.29. The van der Waals surface area contributed by atoms with E-state index in [-0.39, 0.29) is 11.8 Å². The van der Waals surface area contributed by atoms with Crippen LogP contribution in [0.5, 0.6) is 0 Å². The lowest BCUT2D eigenvalue weighted by atomic mass is 10.1. The fourth-order valence-corrected chi connectivity index (χ4v) is 4.69. The molecule has 0 aliphatic carbocycles. The van der Waals surface area contributed by atoms with Gasteiger partial charge in [-0.25, -0.2) is 0 Å². The van der Waals surface area contributed by atoms with Crippen molar-refractivity contribution in [1.29, 1.82) is 0 Å². The molecular weight excluding hydrogens is 406 g/mol. The Hall–Kier alpha value is -3.13. The van der Waals surface area contributed by atoms with Crippen molar-refractivity contribution in [3.8, 4) is 0 Å². The van der Waals surface area contributed by atoms with Crippen molar-refractivity contribution in [1.82, 2.24) is 24.5 Å². The topological polar surface area (TPSA) is 74.8 Å². The number of aromatic nitrogens is 2. The normalized spacial score (nSPS) is 17.8. The number of furan rings is 1. The maximum Gasteiger partial charge on any atom is 0.289 e. The number of carbonyl (C=O) groups is 2. The molecule has 0 spiro atoms. The number of fused-ring (bicyclic) bond motifs is 1. The summed E-state index contributed by atoms with van der Waals surface area (Å²) in [7, 11) is 0. The Balaban J connectivity index is 1.28. The van der Waals surface area contributed by atoms with Crippen LogP contribution in [0.25, 0.3) is 10.9 Å². The van der Waals surface area contributed by atoms with Gasteiger partial charge < -0.3 is 19.1 Å². The number of benzene rings is 1. The molecule has 2 amide bonds. The predicted octanol–water partition coefficient (Wildman–Crippen LogP) is 2.71. The second-order valence-electron chi connectivity index (χ2n) is 8.55. The number of amides is 2. The summed E-state index contributed by atoms with van der Waals surface area (Å²) >= 11 is 0. The van der Waals surface area contributed by atoms with Gasteiger partial charge in [0, 0.05) is 38.1 Å². The van der Waals surface area contributed by atoms with Crippen LogP contribution in [0.3, 0.4) is 0 Å². The van der Waals surface area contributed by atoms with Crippen molar-refractivity contribution >= 4 is 22.7 Å². The quantitative estimate of drug-likeness (QED) is 0.616. The summed E-state index contributed by atoms with van der Waals surface area (Å²) in [6, 6.07) is 11.3. The zero-order chi connectivity index (χ0) is 21.9. The molecular formula is C24H29N5O3. The van der Waals surface area contributed by atoms with Gasteiger partial charge in [0.15, 0.2) is 11.5 Å². The monoisotopic (exact) mass is 435 g/mol. The molecule has 0 radical (unpaired) electrons. The molecule has 5 rings (SSSR count). The Labute approximate surface area is 187 Å². The largest absolute Gasteiger partial charge is 0.459 e. The molecule has 8 nitrogen and oxygen atoms in total. The second-order valence-corrected chi connectivity index (χ2v) is 8.55. The van der Waals surface area contributed by atoms with Gasteiger partial charge in [0.2, 0.25) is 0 Å². The molecule has 2 fully saturated rings. The molecule has 2 aromatic heterocycles. The smallest absolute Gasteiger partial charge is 0.289 e. The Morgan fingerprint density at radius 1 is 0.812 bits per heavy atom. The number of para-hydroxylation sites is 1. The minimum absolute atomic E-state index is 0.0666. The van der Waals surface area contributed by atoms with Crippen LogP contribution in [-0.4, -0.2) is 82.1 Å². The highest BCUT2D eigenvalue weighted by molar-refractivity contribution is 6.05. The summed E-state index contributed by atoms with van der Waals surface area (Å²) in [6.07, 6.45) is 5.34. The number of likely N-dealkylation sites (tertiary alicyclic amines) is 1. The number of hydrogen-bond acceptors (Lipinski definition) is 5. The van der Waals surface area contributed by atoms with Crippen molar-refractivity contribution in [2.45, 2.75) is 25.8 Å². The number of rotatable bonds is 5. The fraction of sp³-hybridized carbons (Fsp3) is 0.458. The molecule has 32 heavy (non-hydrogen) atoms. The van der Waals surface area contributed by atoms with Crippen molar-refractivity contribution in [2.24, 2.45) is 0 Å². The second kappa shape index (κ2) is 9.16. The summed E-state index contributed by atoms with van der Waals surface area (Å²) in [6.45, 7) is 5.96. The highest BCUT2D eigenvalue weighted by atomic mass is 16.3. The van der Waals surface area contributed by atoms with E-state index in [9.17, 15) is 9.59 Å². The number of nitrogens with zero attached hydrogens (tertiary/aromatic N) is 5. The summed E-state index contributed by atoms with van der Waals surface area (Å²) in [5, 5.41) is 5.64. The molecule has 8 heteroatoms. The fourth-order valence-electron chi connectivity index (χ4n) is 4.69. The van der Waals surface area contributed by atoms with Crippen molar-refractivity contribution < 1.29 is 14.0 Å². The first-order chi connectivity index (χ1) is 15.7. The molecule has 1 aromatic carbocycles. The van der Waals surface area contributed by atoms with Gasteiger partial charge in [-0.15, -0.1) is 0 Å². The summed E-state index contributed by atoms with van der Waals surface area (Å²) in [5.74, 6) is 0.140. The van der Waals surface area contributed by atoms with E-state index in [4.69, 9.17) is 9.52 Å². The molecule has 3 aromatic rings. The van der Waals surface area contributed by atoms with E-state index in [0.717, 1.165) is 37.1 Å². The van der Waals surface area contributed by atoms with Crippen molar-refractivity contribution in [3.05, 3.63) is 54.1 Å². The van der Waals surface area contributed by atoms with Crippen LogP contribution in [0.2, 0.25) is 0 Å². The van der Waals surface area contributed by atoms with Crippen molar-refractivity contribution in [3.63, 3.8) is 0 Å². The van der Waals surface area contributed by atoms with Crippen LogP contribution in [0.4, 0.5) is 0 Å². The van der Waals surface area contributed by atoms with E-state index in [1.165, 1.54) is 25.5 Å². The summed E-state index contributed by atoms with van der Waals surface area (Å²) in [5.41, 5.74) is 1.50. The number of hydrogen-bond donors (Lipinski definition) is 0. The standard InChI is InChI=1S/C24H29N5O3/c30-23(21-9-6-18-32-21)27-13-15-28(16-14-27)24(31)22-19-7-2-3-8-20(19)29(25-22)17-12-26-10-4-1-5-11-26/h2-3,6-9,18H,1,4-5,10-17H2. The van der Waals surface area contributed by atoms with Gasteiger partial charge in [0.1, 0.15) is 0 Å². The van der Waals surface area contributed by atoms with Crippen LogP contribution in [0.15, 0.2) is 47.1 Å². The van der Waals surface area contributed by atoms with E-state index >= 15 is 0 Å². The highest BCUT2D eigenvalue weighted by Crippen LogP contribution is 2.21. The molecule has 0 bridgehead atoms. The summed E-state index contributed by atoms with van der Waals surface area (Å²) < 4.78 is 7.20. The van der Waals surface area contributed by atoms with Crippen LogP contribution >= 0.6 is 0 Å². The maximum atomic E-state index is 13.4. The van der Waals surface area contributed by atoms with Gasteiger partial charge in [0.25, 0.3) is 11.8 Å². The predicted molar refractivity (Wildman–Crippen MR) is 121 cm³/mol. The van der Waals surface area contributed by atoms with Crippen LogP contribution in [0, 0.1) is 0 Å². The van der Waals surface area contributed by atoms with Gasteiger partial charge in [-0.3, -0.25) is 14.3 Å². The molecule has 0 unspecified atom stereocenters. The average Bonchev–Trinajstić information content (AvgIpc) is 3.51.